The summed E-state index contributed by atoms with van der Waals surface area (Å²) >= 11 is 0. The summed E-state index contributed by atoms with van der Waals surface area (Å²) < 4.78 is 5.78. The van der Waals surface area contributed by atoms with Gasteiger partial charge in [0, 0.05) is 6.54 Å². The van der Waals surface area contributed by atoms with Crippen LogP contribution < -0.4 is 10.1 Å². The van der Waals surface area contributed by atoms with Crippen LogP contribution in [0.25, 0.3) is 0 Å². The molecule has 0 radical (unpaired) electrons. The van der Waals surface area contributed by atoms with Gasteiger partial charge < -0.3 is 10.1 Å². The van der Waals surface area contributed by atoms with Gasteiger partial charge in [0.2, 0.25) is 0 Å². The van der Waals surface area contributed by atoms with Crippen LogP contribution in [0.15, 0.2) is 42.5 Å². The first-order valence-electron chi connectivity index (χ1n) is 11.3. The van der Waals surface area contributed by atoms with Crippen molar-refractivity contribution < 1.29 is 9.53 Å². The molecule has 162 valence electrons. The van der Waals surface area contributed by atoms with Gasteiger partial charge >= 0.3 is 0 Å². The second kappa shape index (κ2) is 10.6. The highest BCUT2D eigenvalue weighted by molar-refractivity contribution is 5.77. The van der Waals surface area contributed by atoms with Gasteiger partial charge in [-0.25, -0.2) is 0 Å². The number of nitrogens with one attached hydrogen (secondary N) is 1. The molecule has 0 bridgehead atoms. The van der Waals surface area contributed by atoms with Crippen molar-refractivity contribution in [1.29, 1.82) is 0 Å². The highest BCUT2D eigenvalue weighted by atomic mass is 16.5. The Kier molecular flexibility index (Phi) is 7.92. The molecular formula is C26H36N2O2. The van der Waals surface area contributed by atoms with Crippen LogP contribution in [0.4, 0.5) is 0 Å². The van der Waals surface area contributed by atoms with Gasteiger partial charge in [-0.05, 0) is 74.0 Å². The number of piperidine rings is 1. The van der Waals surface area contributed by atoms with Crippen LogP contribution in [0.3, 0.4) is 0 Å². The van der Waals surface area contributed by atoms with Gasteiger partial charge in [0.25, 0.3) is 5.91 Å². The van der Waals surface area contributed by atoms with E-state index in [1.807, 2.05) is 19.1 Å². The maximum absolute atomic E-state index is 12.5. The number of amides is 1. The highest BCUT2D eigenvalue weighted by Crippen LogP contribution is 2.26. The topological polar surface area (TPSA) is 41.6 Å². The van der Waals surface area contributed by atoms with Gasteiger partial charge in [-0.2, -0.15) is 0 Å². The van der Waals surface area contributed by atoms with Crippen molar-refractivity contribution in [2.24, 2.45) is 0 Å². The van der Waals surface area contributed by atoms with Crippen LogP contribution in [-0.4, -0.2) is 37.0 Å². The number of likely N-dealkylation sites (tertiary alicyclic amines) is 1. The van der Waals surface area contributed by atoms with E-state index in [1.165, 1.54) is 36.0 Å². The summed E-state index contributed by atoms with van der Waals surface area (Å²) in [5, 5.41) is 3.11. The van der Waals surface area contributed by atoms with Crippen molar-refractivity contribution >= 4 is 5.91 Å². The van der Waals surface area contributed by atoms with Crippen LogP contribution in [0, 0.1) is 13.8 Å². The Morgan fingerprint density at radius 1 is 1.00 bits per heavy atom. The van der Waals surface area contributed by atoms with E-state index in [0.717, 1.165) is 24.4 Å². The quantitative estimate of drug-likeness (QED) is 0.657. The summed E-state index contributed by atoms with van der Waals surface area (Å²) in [6.45, 7) is 11.3. The molecule has 1 aliphatic heterocycles. The van der Waals surface area contributed by atoms with Gasteiger partial charge in [-0.1, -0.05) is 56.7 Å². The molecule has 4 nitrogen and oxygen atoms in total. The third-order valence-corrected chi connectivity index (χ3v) is 6.23. The number of benzene rings is 2. The zero-order chi connectivity index (χ0) is 21.5. The van der Waals surface area contributed by atoms with E-state index in [2.05, 4.69) is 61.3 Å². The van der Waals surface area contributed by atoms with Crippen LogP contribution >= 0.6 is 0 Å². The Bertz CT molecular complexity index is 823. The first-order valence-corrected chi connectivity index (χ1v) is 11.3. The Morgan fingerprint density at radius 2 is 1.67 bits per heavy atom. The molecule has 1 fully saturated rings. The fourth-order valence-electron chi connectivity index (χ4n) is 4.08. The number of carbonyl (C=O) groups excluding carboxylic acids is 1. The molecule has 1 N–H and O–H groups in total. The summed E-state index contributed by atoms with van der Waals surface area (Å²) in [5.41, 5.74) is 4.88. The molecule has 2 aromatic carbocycles. The number of ether oxygens (including phenoxy) is 1. The van der Waals surface area contributed by atoms with Gasteiger partial charge in [0.05, 0.1) is 6.04 Å². The van der Waals surface area contributed by atoms with E-state index in [-0.39, 0.29) is 18.6 Å². The smallest absolute Gasteiger partial charge is 0.258 e. The first-order chi connectivity index (χ1) is 14.5. The van der Waals surface area contributed by atoms with Crippen molar-refractivity contribution in [3.63, 3.8) is 0 Å². The lowest BCUT2D eigenvalue weighted by Gasteiger charge is -2.35. The molecule has 30 heavy (non-hydrogen) atoms. The Hall–Kier alpha value is -2.33. The van der Waals surface area contributed by atoms with Crippen LogP contribution in [-0.2, 0) is 4.79 Å². The van der Waals surface area contributed by atoms with Crippen molar-refractivity contribution in [2.45, 2.75) is 58.9 Å². The lowest BCUT2D eigenvalue weighted by molar-refractivity contribution is -0.123. The third-order valence-electron chi connectivity index (χ3n) is 6.23. The number of carbonyl (C=O) groups is 1. The van der Waals surface area contributed by atoms with E-state index in [4.69, 9.17) is 4.74 Å². The number of nitrogens with zero attached hydrogens (tertiary/aromatic N) is 1. The highest BCUT2D eigenvalue weighted by Gasteiger charge is 2.23. The summed E-state index contributed by atoms with van der Waals surface area (Å²) in [5.74, 6) is 1.23. The Morgan fingerprint density at radius 3 is 2.33 bits per heavy atom. The summed E-state index contributed by atoms with van der Waals surface area (Å²) in [6, 6.07) is 15.0. The lowest BCUT2D eigenvalue weighted by atomic mass is 9.97. The first kappa shape index (κ1) is 22.4. The van der Waals surface area contributed by atoms with Crippen LogP contribution in [0.5, 0.6) is 5.75 Å². The molecule has 0 saturated carbocycles. The molecule has 4 heteroatoms. The van der Waals surface area contributed by atoms with E-state index < -0.39 is 0 Å². The molecule has 0 aromatic heterocycles. The average molecular weight is 409 g/mol. The molecule has 1 atom stereocenters. The maximum atomic E-state index is 12.5. The molecule has 1 saturated heterocycles. The van der Waals surface area contributed by atoms with Crippen LogP contribution in [0.1, 0.15) is 67.3 Å². The summed E-state index contributed by atoms with van der Waals surface area (Å²) in [4.78, 5) is 15.0. The van der Waals surface area contributed by atoms with E-state index in [9.17, 15) is 4.79 Å². The molecule has 1 aliphatic rings. The molecule has 0 spiro atoms. The molecule has 1 amide bonds. The Labute approximate surface area is 181 Å². The van der Waals surface area contributed by atoms with Gasteiger partial charge in [-0.15, -0.1) is 0 Å². The molecule has 1 heterocycles. The SMILES string of the molecule is Cc1cccc(OCC(=O)NCC(c2ccc(C(C)C)cc2)N2CCCCC2)c1C. The predicted molar refractivity (Wildman–Crippen MR) is 123 cm³/mol. The Balaban J connectivity index is 1.62. The normalized spacial score (nSPS) is 15.8. The molecule has 2 aromatic rings. The minimum atomic E-state index is -0.0725. The lowest BCUT2D eigenvalue weighted by Crippen LogP contribution is -2.41. The number of rotatable bonds is 8. The second-order valence-electron chi connectivity index (χ2n) is 8.72. The number of hydrogen-bond donors (Lipinski definition) is 1. The minimum Gasteiger partial charge on any atom is -0.483 e. The van der Waals surface area contributed by atoms with Crippen molar-refractivity contribution in [3.8, 4) is 5.75 Å². The molecule has 1 unspecified atom stereocenters. The molecule has 0 aliphatic carbocycles. The second-order valence-corrected chi connectivity index (χ2v) is 8.72. The van der Waals surface area contributed by atoms with Gasteiger partial charge in [-0.3, -0.25) is 9.69 Å². The fourth-order valence-corrected chi connectivity index (χ4v) is 4.08. The third kappa shape index (κ3) is 5.85. The summed E-state index contributed by atoms with van der Waals surface area (Å²) in [7, 11) is 0. The van der Waals surface area contributed by atoms with Gasteiger partial charge in [0.1, 0.15) is 5.75 Å². The van der Waals surface area contributed by atoms with E-state index in [0.29, 0.717) is 12.5 Å². The average Bonchev–Trinajstić information content (AvgIpc) is 2.76. The zero-order valence-electron chi connectivity index (χ0n) is 18.9. The molecular weight excluding hydrogens is 372 g/mol. The monoisotopic (exact) mass is 408 g/mol. The van der Waals surface area contributed by atoms with Crippen molar-refractivity contribution in [1.82, 2.24) is 10.2 Å². The fraction of sp³-hybridized carbons (Fsp3) is 0.500. The zero-order valence-corrected chi connectivity index (χ0v) is 18.9. The van der Waals surface area contributed by atoms with Crippen molar-refractivity contribution in [3.05, 3.63) is 64.7 Å². The largest absolute Gasteiger partial charge is 0.483 e. The van der Waals surface area contributed by atoms with E-state index in [1.54, 1.807) is 0 Å². The van der Waals surface area contributed by atoms with Gasteiger partial charge in [0.15, 0.2) is 6.61 Å². The standard InChI is InChI=1S/C26H36N2O2/c1-19(2)22-11-13-23(14-12-22)24(28-15-6-5-7-16-28)17-27-26(29)18-30-25-10-8-9-20(3)21(25)4/h8-14,19,24H,5-7,15-18H2,1-4H3,(H,27,29). The van der Waals surface area contributed by atoms with Crippen molar-refractivity contribution in [2.75, 3.05) is 26.2 Å². The van der Waals surface area contributed by atoms with Crippen LogP contribution in [0.2, 0.25) is 0 Å². The predicted octanol–water partition coefficient (Wildman–Crippen LogP) is 5.15. The summed E-state index contributed by atoms with van der Waals surface area (Å²) in [6.07, 6.45) is 3.75. The maximum Gasteiger partial charge on any atom is 0.258 e. The number of hydrogen-bond acceptors (Lipinski definition) is 3. The van der Waals surface area contributed by atoms with E-state index >= 15 is 0 Å². The number of aryl methyl sites for hydroxylation is 1. The molecule has 3 rings (SSSR count). The minimum absolute atomic E-state index is 0.0449.